The Kier molecular flexibility index (Phi) is 10.0. The molecule has 0 unspecified atom stereocenters. The predicted molar refractivity (Wildman–Crippen MR) is 108 cm³/mol. The molecule has 0 bridgehead atoms. The van der Waals surface area contributed by atoms with Crippen molar-refractivity contribution >= 4 is 0 Å². The number of hydrogen-bond acceptors (Lipinski definition) is 1. The van der Waals surface area contributed by atoms with Crippen LogP contribution >= 0.6 is 0 Å². The Balaban J connectivity index is 1.52. The summed E-state index contributed by atoms with van der Waals surface area (Å²) < 4.78 is 0. The molecule has 0 spiro atoms. The van der Waals surface area contributed by atoms with Gasteiger partial charge in [-0.2, -0.15) is 5.26 Å². The topological polar surface area (TPSA) is 23.8 Å². The minimum atomic E-state index is 0.949. The van der Waals surface area contributed by atoms with E-state index in [4.69, 9.17) is 5.26 Å². The molecule has 0 radical (unpaired) electrons. The van der Waals surface area contributed by atoms with Gasteiger partial charge in [0.1, 0.15) is 0 Å². The van der Waals surface area contributed by atoms with Gasteiger partial charge >= 0.3 is 0 Å². The van der Waals surface area contributed by atoms with E-state index in [0.717, 1.165) is 23.7 Å². The zero-order chi connectivity index (χ0) is 17.7. The highest BCUT2D eigenvalue weighted by Crippen LogP contribution is 2.38. The Hall–Kier alpha value is -1.03. The molecule has 0 N–H and O–H groups in total. The van der Waals surface area contributed by atoms with E-state index in [1.165, 1.54) is 96.0 Å². The van der Waals surface area contributed by atoms with Crippen molar-refractivity contribution in [3.63, 3.8) is 0 Å². The van der Waals surface area contributed by atoms with Crippen molar-refractivity contribution in [2.24, 2.45) is 23.7 Å². The standard InChI is InChI=1S/C24H39N/c1-2-8-21-10-14-23(15-11-21)18-19-24-16-12-22(13-17-24)9-6-4-3-5-7-20-25/h3-5,7,21-24H,2,6,8-19H2,1H3/t21-,22-,23-,24-. The van der Waals surface area contributed by atoms with Gasteiger partial charge in [0.2, 0.25) is 0 Å². The van der Waals surface area contributed by atoms with Crippen LogP contribution in [-0.2, 0) is 0 Å². The second-order valence-corrected chi connectivity index (χ2v) is 8.63. The van der Waals surface area contributed by atoms with Crippen molar-refractivity contribution in [2.75, 3.05) is 0 Å². The SMILES string of the molecule is CCC[C@H]1CC[C@H](CC[C@H]2CC[C@H](CCC=CC=CC#N)CC2)CC1. The van der Waals surface area contributed by atoms with Crippen LogP contribution in [0.15, 0.2) is 24.3 Å². The summed E-state index contributed by atoms with van der Waals surface area (Å²) in [6.45, 7) is 2.34. The summed E-state index contributed by atoms with van der Waals surface area (Å²) in [6, 6.07) is 2.02. The Morgan fingerprint density at radius 3 is 1.68 bits per heavy atom. The van der Waals surface area contributed by atoms with E-state index < -0.39 is 0 Å². The number of hydrogen-bond donors (Lipinski definition) is 0. The second kappa shape index (κ2) is 12.3. The molecule has 0 atom stereocenters. The van der Waals surface area contributed by atoms with E-state index >= 15 is 0 Å². The van der Waals surface area contributed by atoms with Gasteiger partial charge < -0.3 is 0 Å². The predicted octanol–water partition coefficient (Wildman–Crippen LogP) is 7.60. The van der Waals surface area contributed by atoms with Gasteiger partial charge in [0.15, 0.2) is 0 Å². The first-order valence-electron chi connectivity index (χ1n) is 11.0. The van der Waals surface area contributed by atoms with Crippen LogP contribution in [0.1, 0.15) is 96.8 Å². The average Bonchev–Trinajstić information content (AvgIpc) is 2.65. The van der Waals surface area contributed by atoms with Gasteiger partial charge in [-0.25, -0.2) is 0 Å². The Morgan fingerprint density at radius 2 is 1.20 bits per heavy atom. The smallest absolute Gasteiger partial charge is 0.0912 e. The van der Waals surface area contributed by atoms with Gasteiger partial charge in [-0.1, -0.05) is 102 Å². The minimum Gasteiger partial charge on any atom is -0.193 e. The monoisotopic (exact) mass is 341 g/mol. The molecule has 2 rings (SSSR count). The summed E-state index contributed by atoms with van der Waals surface area (Å²) in [6.07, 6.45) is 27.9. The highest BCUT2D eigenvalue weighted by Gasteiger charge is 2.24. The largest absolute Gasteiger partial charge is 0.193 e. The quantitative estimate of drug-likeness (QED) is 0.313. The fraction of sp³-hybridized carbons (Fsp3) is 0.792. The van der Waals surface area contributed by atoms with Crippen molar-refractivity contribution in [3.8, 4) is 6.07 Å². The van der Waals surface area contributed by atoms with E-state index in [1.54, 1.807) is 0 Å². The molecule has 2 aliphatic rings. The molecular weight excluding hydrogens is 302 g/mol. The number of rotatable bonds is 9. The van der Waals surface area contributed by atoms with Gasteiger partial charge in [0.05, 0.1) is 6.07 Å². The summed E-state index contributed by atoms with van der Waals surface area (Å²) in [5, 5.41) is 8.44. The molecule has 0 heterocycles. The second-order valence-electron chi connectivity index (χ2n) is 8.63. The van der Waals surface area contributed by atoms with Crippen LogP contribution in [0, 0.1) is 35.0 Å². The average molecular weight is 342 g/mol. The van der Waals surface area contributed by atoms with Gasteiger partial charge in [0.25, 0.3) is 0 Å². The lowest BCUT2D eigenvalue weighted by Gasteiger charge is -2.32. The third-order valence-corrected chi connectivity index (χ3v) is 6.77. The van der Waals surface area contributed by atoms with Crippen LogP contribution in [0.2, 0.25) is 0 Å². The van der Waals surface area contributed by atoms with Gasteiger partial charge in [-0.15, -0.1) is 0 Å². The fourth-order valence-corrected chi connectivity index (χ4v) is 5.10. The molecule has 140 valence electrons. The van der Waals surface area contributed by atoms with Crippen LogP contribution < -0.4 is 0 Å². The maximum absolute atomic E-state index is 8.44. The van der Waals surface area contributed by atoms with Crippen LogP contribution in [0.3, 0.4) is 0 Å². The lowest BCUT2D eigenvalue weighted by molar-refractivity contribution is 0.210. The molecule has 25 heavy (non-hydrogen) atoms. The normalized spacial score (nSPS) is 30.7. The van der Waals surface area contributed by atoms with E-state index in [-0.39, 0.29) is 0 Å². The fourth-order valence-electron chi connectivity index (χ4n) is 5.10. The van der Waals surface area contributed by atoms with E-state index in [9.17, 15) is 0 Å². The first-order chi connectivity index (χ1) is 12.3. The maximum Gasteiger partial charge on any atom is 0.0912 e. The lowest BCUT2D eigenvalue weighted by atomic mass is 9.74. The van der Waals surface area contributed by atoms with Gasteiger partial charge in [0, 0.05) is 6.08 Å². The Labute approximate surface area is 156 Å². The number of nitrogens with zero attached hydrogens (tertiary/aromatic N) is 1. The third kappa shape index (κ3) is 8.26. The molecule has 0 aromatic heterocycles. The number of nitriles is 1. The van der Waals surface area contributed by atoms with Crippen molar-refractivity contribution in [1.82, 2.24) is 0 Å². The highest BCUT2D eigenvalue weighted by atomic mass is 14.3. The Bertz CT molecular complexity index is 426. The summed E-state index contributed by atoms with van der Waals surface area (Å²) in [7, 11) is 0. The summed E-state index contributed by atoms with van der Waals surface area (Å²) in [5.41, 5.74) is 0. The van der Waals surface area contributed by atoms with Crippen LogP contribution in [0.5, 0.6) is 0 Å². The minimum absolute atomic E-state index is 0.949. The van der Waals surface area contributed by atoms with E-state index in [0.29, 0.717) is 0 Å². The lowest BCUT2D eigenvalue weighted by Crippen LogP contribution is -2.18. The maximum atomic E-state index is 8.44. The summed E-state index contributed by atoms with van der Waals surface area (Å²) >= 11 is 0. The number of allylic oxidation sites excluding steroid dienone is 4. The molecule has 0 amide bonds. The molecule has 0 saturated heterocycles. The van der Waals surface area contributed by atoms with Gasteiger partial charge in [-0.3, -0.25) is 0 Å². The van der Waals surface area contributed by atoms with Crippen molar-refractivity contribution in [2.45, 2.75) is 96.8 Å². The third-order valence-electron chi connectivity index (χ3n) is 6.77. The zero-order valence-electron chi connectivity index (χ0n) is 16.5. The molecule has 1 heteroatoms. The molecule has 2 saturated carbocycles. The molecule has 0 aromatic rings. The molecule has 1 nitrogen and oxygen atoms in total. The highest BCUT2D eigenvalue weighted by molar-refractivity contribution is 5.11. The van der Waals surface area contributed by atoms with Crippen molar-refractivity contribution in [1.29, 1.82) is 5.26 Å². The van der Waals surface area contributed by atoms with Crippen LogP contribution in [0.4, 0.5) is 0 Å². The van der Waals surface area contributed by atoms with E-state index in [1.807, 2.05) is 18.2 Å². The van der Waals surface area contributed by atoms with Crippen LogP contribution in [0.25, 0.3) is 0 Å². The first kappa shape index (κ1) is 20.3. The molecule has 0 aliphatic heterocycles. The summed E-state index contributed by atoms with van der Waals surface area (Å²) in [5.74, 6) is 4.09. The van der Waals surface area contributed by atoms with Crippen molar-refractivity contribution in [3.05, 3.63) is 24.3 Å². The molecule has 0 aromatic carbocycles. The molecule has 2 fully saturated rings. The zero-order valence-corrected chi connectivity index (χ0v) is 16.5. The van der Waals surface area contributed by atoms with E-state index in [2.05, 4.69) is 13.0 Å². The van der Waals surface area contributed by atoms with Gasteiger partial charge in [-0.05, 0) is 36.5 Å². The Morgan fingerprint density at radius 1 is 0.720 bits per heavy atom. The molecular formula is C24H39N. The summed E-state index contributed by atoms with van der Waals surface area (Å²) in [4.78, 5) is 0. The molecule has 2 aliphatic carbocycles. The van der Waals surface area contributed by atoms with Crippen LogP contribution in [-0.4, -0.2) is 0 Å². The van der Waals surface area contributed by atoms with Crippen molar-refractivity contribution < 1.29 is 0 Å². The first-order valence-corrected chi connectivity index (χ1v) is 11.0.